The zero-order valence-electron chi connectivity index (χ0n) is 13.8. The number of aliphatic hydroxyl groups is 1. The molecule has 0 amide bonds. The molecule has 3 rings (SSSR count). The van der Waals surface area contributed by atoms with E-state index in [0.717, 1.165) is 33.4 Å². The smallest absolute Gasteiger partial charge is 0.144 e. The fraction of sp³-hybridized carbons (Fsp3) is 0.611. The standard InChI is InChI=1S/C18H25ClN2O2S/c19-16-8-4-7-15-17(9-10-24-18(15)16)21-23-12-14(22)11-20-13-5-2-1-3-6-13/h4,7-8,13-14,20,22H,1-3,5-6,9-12H2/b21-17+. The van der Waals surface area contributed by atoms with Crippen molar-refractivity contribution in [1.29, 1.82) is 0 Å². The highest BCUT2D eigenvalue weighted by molar-refractivity contribution is 7.99. The van der Waals surface area contributed by atoms with Gasteiger partial charge in [-0.2, -0.15) is 0 Å². The lowest BCUT2D eigenvalue weighted by Gasteiger charge is -2.24. The minimum atomic E-state index is -0.534. The first-order chi connectivity index (χ1) is 11.7. The largest absolute Gasteiger partial charge is 0.393 e. The molecule has 1 aromatic carbocycles. The second-order valence-electron chi connectivity index (χ2n) is 6.45. The molecule has 0 radical (unpaired) electrons. The Kier molecular flexibility index (Phi) is 6.84. The van der Waals surface area contributed by atoms with Crippen LogP contribution in [0, 0.1) is 0 Å². The number of benzene rings is 1. The number of oxime groups is 1. The summed E-state index contributed by atoms with van der Waals surface area (Å²) in [5.41, 5.74) is 1.97. The summed E-state index contributed by atoms with van der Waals surface area (Å²) in [5, 5.41) is 18.5. The first-order valence-corrected chi connectivity index (χ1v) is 10.1. The lowest BCUT2D eigenvalue weighted by molar-refractivity contribution is 0.0380. The molecule has 1 aromatic rings. The van der Waals surface area contributed by atoms with E-state index < -0.39 is 6.10 Å². The predicted molar refractivity (Wildman–Crippen MR) is 100 cm³/mol. The van der Waals surface area contributed by atoms with E-state index in [-0.39, 0.29) is 6.61 Å². The van der Waals surface area contributed by atoms with Gasteiger partial charge in [-0.1, -0.05) is 48.2 Å². The normalized spacial score (nSPS) is 21.5. The number of nitrogens with one attached hydrogen (secondary N) is 1. The number of aliphatic hydroxyl groups excluding tert-OH is 1. The van der Waals surface area contributed by atoms with Gasteiger partial charge in [0, 0.05) is 35.2 Å². The molecule has 1 unspecified atom stereocenters. The van der Waals surface area contributed by atoms with Crippen molar-refractivity contribution >= 4 is 29.1 Å². The van der Waals surface area contributed by atoms with Crippen LogP contribution in [0.5, 0.6) is 0 Å². The maximum atomic E-state index is 10.1. The van der Waals surface area contributed by atoms with E-state index in [1.807, 2.05) is 18.2 Å². The van der Waals surface area contributed by atoms with Gasteiger partial charge in [0.05, 0.1) is 10.7 Å². The number of nitrogens with zero attached hydrogens (tertiary/aromatic N) is 1. The zero-order valence-corrected chi connectivity index (χ0v) is 15.4. The topological polar surface area (TPSA) is 53.8 Å². The third-order valence-corrected chi connectivity index (χ3v) is 6.12. The highest BCUT2D eigenvalue weighted by atomic mass is 35.5. The molecule has 4 nitrogen and oxygen atoms in total. The quantitative estimate of drug-likeness (QED) is 0.749. The molecule has 1 saturated carbocycles. The molecule has 2 N–H and O–H groups in total. The summed E-state index contributed by atoms with van der Waals surface area (Å²) in [4.78, 5) is 6.49. The van der Waals surface area contributed by atoms with E-state index in [9.17, 15) is 5.11 Å². The maximum absolute atomic E-state index is 10.1. The van der Waals surface area contributed by atoms with Crippen molar-refractivity contribution in [1.82, 2.24) is 5.32 Å². The lowest BCUT2D eigenvalue weighted by Crippen LogP contribution is -2.38. The fourth-order valence-electron chi connectivity index (χ4n) is 3.23. The van der Waals surface area contributed by atoms with Crippen LogP contribution in [0.1, 0.15) is 44.1 Å². The summed E-state index contributed by atoms with van der Waals surface area (Å²) in [6.45, 7) is 0.778. The van der Waals surface area contributed by atoms with Gasteiger partial charge in [0.15, 0.2) is 0 Å². The SMILES string of the molecule is OC(CNC1CCCCC1)CO/N=C1\CCSc2c(Cl)cccc21. The Morgan fingerprint density at radius 2 is 2.17 bits per heavy atom. The van der Waals surface area contributed by atoms with Gasteiger partial charge >= 0.3 is 0 Å². The molecule has 132 valence electrons. The molecule has 1 aliphatic carbocycles. The molecule has 0 aromatic heterocycles. The average Bonchev–Trinajstić information content (AvgIpc) is 2.62. The van der Waals surface area contributed by atoms with Crippen molar-refractivity contribution < 1.29 is 9.94 Å². The van der Waals surface area contributed by atoms with Gasteiger partial charge in [0.1, 0.15) is 12.7 Å². The molecule has 24 heavy (non-hydrogen) atoms. The third kappa shape index (κ3) is 4.88. The first-order valence-electron chi connectivity index (χ1n) is 8.76. The van der Waals surface area contributed by atoms with E-state index in [0.29, 0.717) is 12.6 Å². The van der Waals surface area contributed by atoms with Crippen LogP contribution in [-0.2, 0) is 4.84 Å². The molecule has 1 atom stereocenters. The summed E-state index contributed by atoms with van der Waals surface area (Å²) in [6.07, 6.45) is 6.67. The van der Waals surface area contributed by atoms with Gasteiger partial charge in [-0.25, -0.2) is 0 Å². The zero-order chi connectivity index (χ0) is 16.8. The highest BCUT2D eigenvalue weighted by Crippen LogP contribution is 2.35. The number of hydrogen-bond donors (Lipinski definition) is 2. The van der Waals surface area contributed by atoms with Crippen LogP contribution in [0.4, 0.5) is 0 Å². The molecule has 1 heterocycles. The van der Waals surface area contributed by atoms with Crippen LogP contribution in [0.3, 0.4) is 0 Å². The van der Waals surface area contributed by atoms with Gasteiger partial charge in [0.25, 0.3) is 0 Å². The summed E-state index contributed by atoms with van der Waals surface area (Å²) in [6, 6.07) is 6.41. The van der Waals surface area contributed by atoms with Crippen molar-refractivity contribution in [2.45, 2.75) is 55.6 Å². The molecule has 0 bridgehead atoms. The van der Waals surface area contributed by atoms with Gasteiger partial charge in [0.2, 0.25) is 0 Å². The van der Waals surface area contributed by atoms with Crippen molar-refractivity contribution in [2.24, 2.45) is 5.16 Å². The number of hydrogen-bond acceptors (Lipinski definition) is 5. The number of rotatable bonds is 6. The summed E-state index contributed by atoms with van der Waals surface area (Å²) >= 11 is 8.00. The summed E-state index contributed by atoms with van der Waals surface area (Å²) < 4.78 is 0. The van der Waals surface area contributed by atoms with Crippen molar-refractivity contribution in [3.05, 3.63) is 28.8 Å². The molecule has 2 aliphatic rings. The molecular weight excluding hydrogens is 344 g/mol. The monoisotopic (exact) mass is 368 g/mol. The van der Waals surface area contributed by atoms with E-state index in [1.54, 1.807) is 11.8 Å². The maximum Gasteiger partial charge on any atom is 0.144 e. The van der Waals surface area contributed by atoms with Gasteiger partial charge < -0.3 is 15.3 Å². The van der Waals surface area contributed by atoms with E-state index >= 15 is 0 Å². The predicted octanol–water partition coefficient (Wildman–Crippen LogP) is 3.84. The molecule has 0 saturated heterocycles. The Bertz CT molecular complexity index is 576. The van der Waals surface area contributed by atoms with E-state index in [1.165, 1.54) is 32.1 Å². The van der Waals surface area contributed by atoms with Crippen molar-refractivity contribution in [3.63, 3.8) is 0 Å². The number of thioether (sulfide) groups is 1. The summed E-state index contributed by atoms with van der Waals surface area (Å²) in [7, 11) is 0. The highest BCUT2D eigenvalue weighted by Gasteiger charge is 2.19. The Labute approximate surface area is 153 Å². The van der Waals surface area contributed by atoms with Crippen molar-refractivity contribution in [3.8, 4) is 0 Å². The van der Waals surface area contributed by atoms with Crippen LogP contribution >= 0.6 is 23.4 Å². The van der Waals surface area contributed by atoms with Crippen LogP contribution in [0.2, 0.25) is 5.02 Å². The molecule has 0 spiro atoms. The van der Waals surface area contributed by atoms with Gasteiger partial charge in [-0.3, -0.25) is 0 Å². The summed E-state index contributed by atoms with van der Waals surface area (Å²) in [5.74, 6) is 0.949. The van der Waals surface area contributed by atoms with Crippen LogP contribution in [-0.4, -0.2) is 41.9 Å². The Hall–Kier alpha value is -0.750. The van der Waals surface area contributed by atoms with Gasteiger partial charge in [-0.15, -0.1) is 11.8 Å². The Morgan fingerprint density at radius 1 is 1.33 bits per heavy atom. The van der Waals surface area contributed by atoms with Crippen LogP contribution in [0.15, 0.2) is 28.3 Å². The van der Waals surface area contributed by atoms with Crippen LogP contribution < -0.4 is 5.32 Å². The lowest BCUT2D eigenvalue weighted by atomic mass is 9.95. The average molecular weight is 369 g/mol. The number of fused-ring (bicyclic) bond motifs is 1. The second kappa shape index (κ2) is 9.09. The minimum absolute atomic E-state index is 0.215. The minimum Gasteiger partial charge on any atom is -0.393 e. The Morgan fingerprint density at radius 3 is 3.00 bits per heavy atom. The first kappa shape index (κ1) is 18.1. The molecule has 6 heteroatoms. The molecular formula is C18H25ClN2O2S. The van der Waals surface area contributed by atoms with E-state index in [4.69, 9.17) is 16.4 Å². The fourth-order valence-corrected chi connectivity index (χ4v) is 4.62. The van der Waals surface area contributed by atoms with E-state index in [2.05, 4.69) is 10.5 Å². The number of halogens is 1. The molecule has 1 aliphatic heterocycles. The van der Waals surface area contributed by atoms with Crippen molar-refractivity contribution in [2.75, 3.05) is 18.9 Å². The third-order valence-electron chi connectivity index (χ3n) is 4.55. The van der Waals surface area contributed by atoms with Gasteiger partial charge in [-0.05, 0) is 18.9 Å². The second-order valence-corrected chi connectivity index (χ2v) is 7.96. The van der Waals surface area contributed by atoms with Crippen LogP contribution in [0.25, 0.3) is 0 Å². The molecule has 1 fully saturated rings. The Balaban J connectivity index is 1.47.